The molecule has 0 radical (unpaired) electrons. The van der Waals surface area contributed by atoms with Crippen molar-refractivity contribution < 1.29 is 18.8 Å². The van der Waals surface area contributed by atoms with Crippen LogP contribution >= 0.6 is 0 Å². The van der Waals surface area contributed by atoms with E-state index in [2.05, 4.69) is 17.0 Å². The number of carboxylic acids is 1. The second-order valence-corrected chi connectivity index (χ2v) is 7.10. The molecule has 1 aliphatic carbocycles. The SMILES string of the molecule is CC1(c2cc(CN3CCc4c(cc(F)cc4C(=O)O)C3)no2)CC1. The van der Waals surface area contributed by atoms with E-state index >= 15 is 0 Å². The summed E-state index contributed by atoms with van der Waals surface area (Å²) >= 11 is 0. The van der Waals surface area contributed by atoms with Crippen molar-refractivity contribution in [3.05, 3.63) is 52.2 Å². The van der Waals surface area contributed by atoms with Crippen molar-refractivity contribution >= 4 is 5.97 Å². The van der Waals surface area contributed by atoms with Crippen molar-refractivity contribution in [3.8, 4) is 0 Å². The third kappa shape index (κ3) is 2.71. The predicted octanol–water partition coefficient (Wildman–Crippen LogP) is 3.12. The molecule has 1 fully saturated rings. The van der Waals surface area contributed by atoms with Gasteiger partial charge in [0.1, 0.15) is 11.6 Å². The molecule has 0 bridgehead atoms. The van der Waals surface area contributed by atoms with Gasteiger partial charge in [0.05, 0.1) is 11.3 Å². The largest absolute Gasteiger partial charge is 0.478 e. The van der Waals surface area contributed by atoms with Crippen LogP contribution in [0, 0.1) is 5.82 Å². The van der Waals surface area contributed by atoms with Crippen molar-refractivity contribution in [2.45, 2.75) is 44.7 Å². The van der Waals surface area contributed by atoms with E-state index in [-0.39, 0.29) is 11.0 Å². The molecule has 0 spiro atoms. The smallest absolute Gasteiger partial charge is 0.336 e. The van der Waals surface area contributed by atoms with Gasteiger partial charge >= 0.3 is 5.97 Å². The lowest BCUT2D eigenvalue weighted by molar-refractivity contribution is 0.0694. The molecule has 126 valence electrons. The Bertz CT molecular complexity index is 811. The Morgan fingerprint density at radius 1 is 1.42 bits per heavy atom. The number of halogens is 1. The van der Waals surface area contributed by atoms with E-state index in [1.165, 1.54) is 6.07 Å². The number of fused-ring (bicyclic) bond motifs is 1. The zero-order chi connectivity index (χ0) is 16.9. The molecule has 1 aliphatic heterocycles. The maximum atomic E-state index is 13.7. The van der Waals surface area contributed by atoms with Crippen LogP contribution in [0.2, 0.25) is 0 Å². The van der Waals surface area contributed by atoms with E-state index in [9.17, 15) is 14.3 Å². The average Bonchev–Trinajstić information content (AvgIpc) is 3.10. The zero-order valence-corrected chi connectivity index (χ0v) is 13.5. The Morgan fingerprint density at radius 3 is 2.92 bits per heavy atom. The maximum absolute atomic E-state index is 13.7. The molecule has 1 aromatic carbocycles. The lowest BCUT2D eigenvalue weighted by atomic mass is 9.94. The minimum Gasteiger partial charge on any atom is -0.478 e. The first-order valence-corrected chi connectivity index (χ1v) is 8.18. The molecule has 1 saturated carbocycles. The second kappa shape index (κ2) is 5.41. The highest BCUT2D eigenvalue weighted by Gasteiger charge is 2.42. The quantitative estimate of drug-likeness (QED) is 0.933. The van der Waals surface area contributed by atoms with Gasteiger partial charge in [0, 0.05) is 31.1 Å². The molecule has 6 heteroatoms. The maximum Gasteiger partial charge on any atom is 0.336 e. The first kappa shape index (κ1) is 15.3. The Hall–Kier alpha value is -2.21. The van der Waals surface area contributed by atoms with Gasteiger partial charge in [0.25, 0.3) is 0 Å². The molecule has 2 aliphatic rings. The molecule has 24 heavy (non-hydrogen) atoms. The summed E-state index contributed by atoms with van der Waals surface area (Å²) in [7, 11) is 0. The van der Waals surface area contributed by atoms with Gasteiger partial charge in [-0.05, 0) is 42.5 Å². The fraction of sp³-hybridized carbons (Fsp3) is 0.444. The number of hydrogen-bond acceptors (Lipinski definition) is 4. The lowest BCUT2D eigenvalue weighted by Gasteiger charge is -2.28. The van der Waals surface area contributed by atoms with Gasteiger partial charge in [-0.15, -0.1) is 0 Å². The Kier molecular flexibility index (Phi) is 3.46. The van der Waals surface area contributed by atoms with Crippen LogP contribution in [0.4, 0.5) is 4.39 Å². The summed E-state index contributed by atoms with van der Waals surface area (Å²) in [4.78, 5) is 13.4. The normalized spacial score (nSPS) is 19.1. The molecule has 2 aromatic rings. The van der Waals surface area contributed by atoms with Crippen LogP contribution in [0.15, 0.2) is 22.7 Å². The van der Waals surface area contributed by atoms with Crippen LogP contribution in [-0.2, 0) is 24.9 Å². The fourth-order valence-electron chi connectivity index (χ4n) is 3.38. The van der Waals surface area contributed by atoms with E-state index in [0.29, 0.717) is 19.5 Å². The van der Waals surface area contributed by atoms with Crippen LogP contribution in [0.1, 0.15) is 52.7 Å². The summed E-state index contributed by atoms with van der Waals surface area (Å²) in [6.07, 6.45) is 2.87. The van der Waals surface area contributed by atoms with Crippen LogP contribution < -0.4 is 0 Å². The van der Waals surface area contributed by atoms with Gasteiger partial charge in [0.2, 0.25) is 0 Å². The van der Waals surface area contributed by atoms with Gasteiger partial charge in [-0.3, -0.25) is 4.90 Å². The topological polar surface area (TPSA) is 66.6 Å². The minimum atomic E-state index is -1.07. The zero-order valence-electron chi connectivity index (χ0n) is 13.5. The number of carbonyl (C=O) groups is 1. The van der Waals surface area contributed by atoms with Crippen LogP contribution in [-0.4, -0.2) is 27.7 Å². The highest BCUT2D eigenvalue weighted by molar-refractivity contribution is 5.90. The van der Waals surface area contributed by atoms with Gasteiger partial charge < -0.3 is 9.63 Å². The molecule has 0 amide bonds. The van der Waals surface area contributed by atoms with Crippen LogP contribution in [0.25, 0.3) is 0 Å². The van der Waals surface area contributed by atoms with Crippen molar-refractivity contribution in [3.63, 3.8) is 0 Å². The third-order valence-electron chi connectivity index (χ3n) is 5.15. The number of benzene rings is 1. The van der Waals surface area contributed by atoms with E-state index in [1.54, 1.807) is 0 Å². The van der Waals surface area contributed by atoms with Gasteiger partial charge in [-0.2, -0.15) is 0 Å². The third-order valence-corrected chi connectivity index (χ3v) is 5.15. The van der Waals surface area contributed by atoms with Gasteiger partial charge in [-0.1, -0.05) is 12.1 Å². The summed E-state index contributed by atoms with van der Waals surface area (Å²) in [5.74, 6) is -0.634. The van der Waals surface area contributed by atoms with Gasteiger partial charge in [-0.25, -0.2) is 9.18 Å². The molecule has 0 saturated heterocycles. The Balaban J connectivity index is 1.52. The monoisotopic (exact) mass is 330 g/mol. The van der Waals surface area contributed by atoms with Crippen LogP contribution in [0.5, 0.6) is 0 Å². The summed E-state index contributed by atoms with van der Waals surface area (Å²) in [6, 6.07) is 4.56. The number of nitrogens with zero attached hydrogens (tertiary/aromatic N) is 2. The lowest BCUT2D eigenvalue weighted by Crippen LogP contribution is -2.31. The summed E-state index contributed by atoms with van der Waals surface area (Å²) < 4.78 is 19.2. The molecule has 0 unspecified atom stereocenters. The highest BCUT2D eigenvalue weighted by atomic mass is 19.1. The molecule has 2 heterocycles. The van der Waals surface area contributed by atoms with Crippen molar-refractivity contribution in [2.24, 2.45) is 0 Å². The Labute approximate surface area is 139 Å². The van der Waals surface area contributed by atoms with Crippen molar-refractivity contribution in [2.75, 3.05) is 6.54 Å². The summed E-state index contributed by atoms with van der Waals surface area (Å²) in [6.45, 7) is 4.04. The van der Waals surface area contributed by atoms with E-state index < -0.39 is 11.8 Å². The molecular formula is C18H19FN2O3. The summed E-state index contributed by atoms with van der Waals surface area (Å²) in [5.41, 5.74) is 2.59. The average molecular weight is 330 g/mol. The van der Waals surface area contributed by atoms with E-state index in [4.69, 9.17) is 4.52 Å². The van der Waals surface area contributed by atoms with E-state index in [1.807, 2.05) is 6.07 Å². The first-order chi connectivity index (χ1) is 11.4. The molecule has 0 atom stereocenters. The molecule has 1 aromatic heterocycles. The molecule has 1 N–H and O–H groups in total. The molecule has 5 nitrogen and oxygen atoms in total. The fourth-order valence-corrected chi connectivity index (χ4v) is 3.38. The Morgan fingerprint density at radius 2 is 2.21 bits per heavy atom. The van der Waals surface area contributed by atoms with Crippen molar-refractivity contribution in [1.82, 2.24) is 10.1 Å². The number of hydrogen-bond donors (Lipinski definition) is 1. The number of aromatic nitrogens is 1. The second-order valence-electron chi connectivity index (χ2n) is 7.10. The first-order valence-electron chi connectivity index (χ1n) is 8.18. The highest BCUT2D eigenvalue weighted by Crippen LogP contribution is 2.47. The number of rotatable bonds is 4. The number of carboxylic acid groups (broad SMARTS) is 1. The standard InChI is InChI=1S/C18H19FN2O3/c1-18(3-4-18)16-8-13(20-24-16)10-21-5-2-14-11(9-21)6-12(19)7-15(14)17(22)23/h6-8H,2-5,9-10H2,1H3,(H,22,23). The molecular weight excluding hydrogens is 311 g/mol. The number of aromatic carboxylic acids is 1. The minimum absolute atomic E-state index is 0.0787. The van der Waals surface area contributed by atoms with Crippen molar-refractivity contribution in [1.29, 1.82) is 0 Å². The van der Waals surface area contributed by atoms with Crippen LogP contribution in [0.3, 0.4) is 0 Å². The predicted molar refractivity (Wildman–Crippen MR) is 84.3 cm³/mol. The van der Waals surface area contributed by atoms with E-state index in [0.717, 1.165) is 48.0 Å². The summed E-state index contributed by atoms with van der Waals surface area (Å²) in [5, 5.41) is 13.4. The molecule has 4 rings (SSSR count). The van der Waals surface area contributed by atoms with Gasteiger partial charge in [0.15, 0.2) is 0 Å².